The van der Waals surface area contributed by atoms with Crippen LogP contribution in [0.4, 0.5) is 5.69 Å². The largest absolute Gasteiger partial charge is 0.497 e. The third kappa shape index (κ3) is 5.34. The van der Waals surface area contributed by atoms with Crippen LogP contribution in [0.5, 0.6) is 5.75 Å². The quantitative estimate of drug-likeness (QED) is 0.233. The van der Waals surface area contributed by atoms with Crippen molar-refractivity contribution in [2.75, 3.05) is 18.6 Å². The minimum absolute atomic E-state index is 0. The zero-order valence-corrected chi connectivity index (χ0v) is 21.6. The van der Waals surface area contributed by atoms with Crippen LogP contribution in [0.1, 0.15) is 36.1 Å². The van der Waals surface area contributed by atoms with Crippen molar-refractivity contribution in [2.24, 2.45) is 10.2 Å². The van der Waals surface area contributed by atoms with Crippen LogP contribution in [0.2, 0.25) is 0 Å². The first kappa shape index (κ1) is 26.3. The molecule has 35 heavy (non-hydrogen) atoms. The maximum absolute atomic E-state index is 10.2. The standard InChI is InChI=1S/C29H31N3O2.Co/c1-5-32-26-16-15-24(34-4)19-25(26)29(3,20-23-14-10-9-11-21(23)2)27(32)17-18-30-31-28(33)22-12-7-6-8-13-22;/h6-19H,5,20H2,1-4H3,(H,31,33);/b27-17-,30-18+;. The molecule has 1 unspecified atom stereocenters. The molecular weight excluding hydrogens is 481 g/mol. The molecule has 0 aromatic heterocycles. The third-order valence-electron chi connectivity index (χ3n) is 6.55. The van der Waals surface area contributed by atoms with Gasteiger partial charge in [-0.05, 0) is 80.3 Å². The van der Waals surface area contributed by atoms with Crippen LogP contribution in [-0.4, -0.2) is 30.9 Å². The molecule has 1 atom stereocenters. The van der Waals surface area contributed by atoms with E-state index in [4.69, 9.17) is 4.74 Å². The Morgan fingerprint density at radius 2 is 1.77 bits per heavy atom. The fraction of sp³-hybridized carbons (Fsp3) is 0.241. The van der Waals surface area contributed by atoms with Crippen LogP contribution in [0.25, 0.3) is 0 Å². The Kier molecular flexibility index (Phi) is 8.54. The number of ether oxygens (including phenoxy) is 1. The Bertz CT molecular complexity index is 1250. The number of hydrogen-bond donors (Lipinski definition) is 1. The van der Waals surface area contributed by atoms with Crippen molar-refractivity contribution in [2.45, 2.75) is 32.6 Å². The topological polar surface area (TPSA) is 57.4 Å². The van der Waals surface area contributed by atoms with E-state index in [1.165, 1.54) is 22.4 Å². The number of anilines is 1. The Hall–Kier alpha value is -3.35. The molecule has 6 heteroatoms. The van der Waals surface area contributed by atoms with Gasteiger partial charge in [-0.25, -0.2) is 0 Å². The maximum Gasteiger partial charge on any atom is 0.238 e. The van der Waals surface area contributed by atoms with Gasteiger partial charge in [0.2, 0.25) is 5.90 Å². The summed E-state index contributed by atoms with van der Waals surface area (Å²) in [5.41, 5.74) is 6.46. The summed E-state index contributed by atoms with van der Waals surface area (Å²) in [6.07, 6.45) is 4.51. The van der Waals surface area contributed by atoms with E-state index in [2.05, 4.69) is 72.3 Å². The molecule has 1 N–H and O–H groups in total. The van der Waals surface area contributed by atoms with Gasteiger partial charge in [0.05, 0.1) is 13.3 Å². The van der Waals surface area contributed by atoms with E-state index in [0.717, 1.165) is 24.4 Å². The fourth-order valence-electron chi connectivity index (χ4n) is 4.71. The number of likely N-dealkylation sites (N-methyl/N-ethyl adjacent to an activating group) is 1. The van der Waals surface area contributed by atoms with Crippen LogP contribution in [0.15, 0.2) is 94.8 Å². The summed E-state index contributed by atoms with van der Waals surface area (Å²) in [6, 6.07) is 24.0. The van der Waals surface area contributed by atoms with Gasteiger partial charge in [0, 0.05) is 45.7 Å². The van der Waals surface area contributed by atoms with Crippen molar-refractivity contribution in [1.29, 1.82) is 0 Å². The van der Waals surface area contributed by atoms with Gasteiger partial charge in [-0.15, -0.1) is 5.10 Å². The second-order valence-electron chi connectivity index (χ2n) is 8.67. The van der Waals surface area contributed by atoms with Gasteiger partial charge in [0.1, 0.15) is 5.75 Å². The van der Waals surface area contributed by atoms with Gasteiger partial charge >= 0.3 is 0 Å². The zero-order chi connectivity index (χ0) is 24.1. The van der Waals surface area contributed by atoms with E-state index in [9.17, 15) is 5.11 Å². The summed E-state index contributed by atoms with van der Waals surface area (Å²) in [7, 11) is 1.70. The third-order valence-corrected chi connectivity index (χ3v) is 6.55. The number of aryl methyl sites for hydroxylation is 1. The predicted octanol–water partition coefficient (Wildman–Crippen LogP) is 6.22. The van der Waals surface area contributed by atoms with E-state index in [-0.39, 0.29) is 28.1 Å². The number of aliphatic hydroxyl groups is 1. The minimum atomic E-state index is -0.288. The molecular formula is C29H31CoN3O2. The Morgan fingerprint density at radius 3 is 2.46 bits per heavy atom. The van der Waals surface area contributed by atoms with Gasteiger partial charge < -0.3 is 14.7 Å². The molecule has 0 aliphatic carbocycles. The number of rotatable bonds is 7. The molecule has 1 radical (unpaired) electrons. The smallest absolute Gasteiger partial charge is 0.238 e. The van der Waals surface area contributed by atoms with E-state index >= 15 is 0 Å². The summed E-state index contributed by atoms with van der Waals surface area (Å²) in [5, 5.41) is 18.4. The molecule has 4 rings (SSSR count). The average Bonchev–Trinajstić information content (AvgIpc) is 3.10. The van der Waals surface area contributed by atoms with Gasteiger partial charge in [-0.3, -0.25) is 0 Å². The van der Waals surface area contributed by atoms with Gasteiger partial charge in [-0.2, -0.15) is 5.10 Å². The fourth-order valence-corrected chi connectivity index (χ4v) is 4.71. The van der Waals surface area contributed by atoms with E-state index in [0.29, 0.717) is 5.56 Å². The first-order chi connectivity index (χ1) is 16.5. The van der Waals surface area contributed by atoms with Crippen molar-refractivity contribution < 1.29 is 26.6 Å². The molecule has 0 saturated heterocycles. The minimum Gasteiger partial charge on any atom is -0.497 e. The predicted molar refractivity (Wildman–Crippen MR) is 140 cm³/mol. The van der Waals surface area contributed by atoms with E-state index in [1.54, 1.807) is 25.5 Å². The molecule has 3 aromatic carbocycles. The molecule has 3 aromatic rings. The average molecular weight is 513 g/mol. The first-order valence-corrected chi connectivity index (χ1v) is 11.5. The number of fused-ring (bicyclic) bond motifs is 1. The number of allylic oxidation sites excluding steroid dienone is 2. The van der Waals surface area contributed by atoms with E-state index < -0.39 is 0 Å². The Labute approximate surface area is 218 Å². The van der Waals surface area contributed by atoms with Crippen molar-refractivity contribution in [3.63, 3.8) is 0 Å². The molecule has 1 aliphatic rings. The molecule has 0 bridgehead atoms. The molecule has 1 aliphatic heterocycles. The Morgan fingerprint density at radius 1 is 1.06 bits per heavy atom. The SMILES string of the molecule is CCN1\C(=C/C=N/N=C(\O)c2ccccc2)C(C)(Cc2ccccc2C)c2cc(OC)ccc21.[Co]. The number of nitrogens with zero attached hydrogens (tertiary/aromatic N) is 3. The number of aliphatic hydroxyl groups excluding tert-OH is 1. The zero-order valence-electron chi connectivity index (χ0n) is 20.5. The molecule has 0 spiro atoms. The second-order valence-corrected chi connectivity index (χ2v) is 8.67. The van der Waals surface area contributed by atoms with Crippen molar-refractivity contribution in [3.8, 4) is 5.75 Å². The molecule has 0 fully saturated rings. The first-order valence-electron chi connectivity index (χ1n) is 11.5. The monoisotopic (exact) mass is 512 g/mol. The normalized spacial score (nSPS) is 18.6. The molecule has 1 heterocycles. The molecule has 0 saturated carbocycles. The van der Waals surface area contributed by atoms with Crippen LogP contribution in [-0.2, 0) is 28.6 Å². The summed E-state index contributed by atoms with van der Waals surface area (Å²) in [5.74, 6) is 0.739. The number of methoxy groups -OCH3 is 1. The molecule has 0 amide bonds. The summed E-state index contributed by atoms with van der Waals surface area (Å²) in [6.45, 7) is 7.40. The van der Waals surface area contributed by atoms with Crippen LogP contribution in [0.3, 0.4) is 0 Å². The van der Waals surface area contributed by atoms with Crippen LogP contribution < -0.4 is 9.64 Å². The van der Waals surface area contributed by atoms with Crippen LogP contribution in [0, 0.1) is 6.92 Å². The van der Waals surface area contributed by atoms with Gasteiger partial charge in [-0.1, -0.05) is 42.5 Å². The summed E-state index contributed by atoms with van der Waals surface area (Å²) < 4.78 is 5.57. The van der Waals surface area contributed by atoms with Crippen molar-refractivity contribution >= 4 is 17.8 Å². The molecule has 183 valence electrons. The maximum atomic E-state index is 10.2. The Balaban J connectivity index is 0.00000342. The van der Waals surface area contributed by atoms with Crippen molar-refractivity contribution in [3.05, 3.63) is 107 Å². The summed E-state index contributed by atoms with van der Waals surface area (Å²) >= 11 is 0. The van der Waals surface area contributed by atoms with E-state index in [1.807, 2.05) is 30.3 Å². The number of benzene rings is 3. The van der Waals surface area contributed by atoms with Gasteiger partial charge in [0.25, 0.3) is 0 Å². The molecule has 5 nitrogen and oxygen atoms in total. The van der Waals surface area contributed by atoms with Gasteiger partial charge in [0.15, 0.2) is 0 Å². The summed E-state index contributed by atoms with van der Waals surface area (Å²) in [4.78, 5) is 2.32. The van der Waals surface area contributed by atoms with Crippen LogP contribution >= 0.6 is 0 Å². The second kappa shape index (κ2) is 11.4. The number of hydrogen-bond acceptors (Lipinski definition) is 4. The van der Waals surface area contributed by atoms with Crippen molar-refractivity contribution in [1.82, 2.24) is 0 Å².